The van der Waals surface area contributed by atoms with E-state index in [0.29, 0.717) is 36.8 Å². The van der Waals surface area contributed by atoms with Gasteiger partial charge in [-0.25, -0.2) is 13.2 Å². The van der Waals surface area contributed by atoms with Gasteiger partial charge in [-0.3, -0.25) is 19.5 Å². The molecule has 2 aromatic carbocycles. The van der Waals surface area contributed by atoms with Crippen molar-refractivity contribution >= 4 is 34.9 Å². The number of benzene rings is 2. The van der Waals surface area contributed by atoms with E-state index in [2.05, 4.69) is 11.1 Å². The van der Waals surface area contributed by atoms with Crippen LogP contribution < -0.4 is 4.90 Å². The van der Waals surface area contributed by atoms with Crippen molar-refractivity contribution in [3.8, 4) is 12.1 Å². The number of nitriles is 2. The predicted molar refractivity (Wildman–Crippen MR) is 165 cm³/mol. The van der Waals surface area contributed by atoms with Gasteiger partial charge in [-0.2, -0.15) is 10.5 Å². The van der Waals surface area contributed by atoms with Gasteiger partial charge in [0.05, 0.1) is 29.8 Å². The van der Waals surface area contributed by atoms with Crippen LogP contribution in [-0.2, 0) is 9.59 Å². The van der Waals surface area contributed by atoms with E-state index in [1.54, 1.807) is 24.3 Å². The summed E-state index contributed by atoms with van der Waals surface area (Å²) in [7, 11) is 0. The molecule has 2 fully saturated rings. The number of hydrogen-bond donors (Lipinski definition) is 1. The van der Waals surface area contributed by atoms with Gasteiger partial charge in [-0.05, 0) is 73.9 Å². The van der Waals surface area contributed by atoms with E-state index in [9.17, 15) is 38.4 Å². The number of anilines is 1. The van der Waals surface area contributed by atoms with Crippen LogP contribution in [0.5, 0.6) is 0 Å². The molecule has 0 aromatic heterocycles. The van der Waals surface area contributed by atoms with Crippen LogP contribution in [0, 0.1) is 34.4 Å². The monoisotopic (exact) mass is 651 g/mol. The molecular weight excluding hydrogens is 619 g/mol. The fourth-order valence-corrected chi connectivity index (χ4v) is 6.80. The van der Waals surface area contributed by atoms with Gasteiger partial charge in [-0.1, -0.05) is 29.8 Å². The Kier molecular flexibility index (Phi) is 10.1. The maximum Gasteiger partial charge on any atom is 0.250 e. The van der Waals surface area contributed by atoms with Crippen LogP contribution in [0.2, 0.25) is 5.02 Å². The molecule has 2 aromatic rings. The summed E-state index contributed by atoms with van der Waals surface area (Å²) >= 11 is 6.65. The highest BCUT2D eigenvalue weighted by atomic mass is 35.5. The van der Waals surface area contributed by atoms with Crippen LogP contribution in [0.1, 0.15) is 75.0 Å². The summed E-state index contributed by atoms with van der Waals surface area (Å²) in [5.41, 5.74) is 0.656. The number of rotatable bonds is 8. The molecule has 0 radical (unpaired) electrons. The first kappa shape index (κ1) is 33.2. The number of aliphatic hydroxyl groups excluding tert-OH is 1. The van der Waals surface area contributed by atoms with Crippen molar-refractivity contribution in [2.75, 3.05) is 11.4 Å². The number of hydrogen-bond acceptors (Lipinski definition) is 6. The maximum absolute atomic E-state index is 15.0. The summed E-state index contributed by atoms with van der Waals surface area (Å²) in [6, 6.07) is 11.6. The summed E-state index contributed by atoms with van der Waals surface area (Å²) < 4.78 is 42.6. The Labute approximate surface area is 270 Å². The molecule has 1 unspecified atom stereocenters. The number of halogens is 4. The highest BCUT2D eigenvalue weighted by molar-refractivity contribution is 6.31. The number of carbonyl (C=O) groups is 2. The SMILES string of the molecule is N#CC1=CC(N2C(=O)CC[C@H]2C(=O)N(c2cc(F)cc(C#N)c2)[C@@H](c2ccccc2Cl)C(O)CCC2CCC(F)(F)CC2)=NCC1. The zero-order chi connectivity index (χ0) is 33.0. The number of carbonyl (C=O) groups excluding carboxylic acids is 2. The molecule has 1 saturated carbocycles. The number of dihydropyridines is 1. The van der Waals surface area contributed by atoms with Gasteiger partial charge < -0.3 is 10.0 Å². The van der Waals surface area contributed by atoms with Crippen LogP contribution in [-0.4, -0.2) is 52.3 Å². The highest BCUT2D eigenvalue weighted by Gasteiger charge is 2.45. The molecule has 240 valence electrons. The molecule has 2 aliphatic heterocycles. The van der Waals surface area contributed by atoms with Gasteiger partial charge >= 0.3 is 0 Å². The molecule has 12 heteroatoms. The minimum absolute atomic E-state index is 0.0111. The number of amidine groups is 1. The molecule has 0 bridgehead atoms. The Balaban J connectivity index is 1.58. The molecule has 1 N–H and O–H groups in total. The number of nitrogens with zero attached hydrogens (tertiary/aromatic N) is 5. The van der Waals surface area contributed by atoms with Crippen LogP contribution >= 0.6 is 11.6 Å². The first-order valence-electron chi connectivity index (χ1n) is 15.3. The van der Waals surface area contributed by atoms with E-state index in [1.165, 1.54) is 21.9 Å². The summed E-state index contributed by atoms with van der Waals surface area (Å²) in [5, 5.41) is 31.2. The van der Waals surface area contributed by atoms with E-state index in [-0.39, 0.29) is 72.6 Å². The zero-order valence-corrected chi connectivity index (χ0v) is 25.8. The number of aliphatic imine (C=N–C) groups is 1. The lowest BCUT2D eigenvalue weighted by Crippen LogP contribution is -2.52. The second kappa shape index (κ2) is 14.1. The summed E-state index contributed by atoms with van der Waals surface area (Å²) in [6.45, 7) is 0.257. The molecule has 2 heterocycles. The molecule has 0 spiro atoms. The summed E-state index contributed by atoms with van der Waals surface area (Å²) in [5.74, 6) is -4.43. The van der Waals surface area contributed by atoms with Gasteiger partial charge in [0.2, 0.25) is 11.8 Å². The molecule has 46 heavy (non-hydrogen) atoms. The van der Waals surface area contributed by atoms with E-state index >= 15 is 0 Å². The van der Waals surface area contributed by atoms with Crippen molar-refractivity contribution < 1.29 is 27.9 Å². The molecule has 1 aliphatic carbocycles. The highest BCUT2D eigenvalue weighted by Crippen LogP contribution is 2.41. The van der Waals surface area contributed by atoms with Crippen molar-refractivity contribution in [1.82, 2.24) is 4.90 Å². The normalized spacial score (nSPS) is 21.1. The predicted octanol–water partition coefficient (Wildman–Crippen LogP) is 6.63. The molecule has 8 nitrogen and oxygen atoms in total. The molecule has 1 saturated heterocycles. The molecule has 3 aliphatic rings. The summed E-state index contributed by atoms with van der Waals surface area (Å²) in [6.07, 6.45) is 1.33. The minimum atomic E-state index is -2.70. The average molecular weight is 652 g/mol. The maximum atomic E-state index is 15.0. The Morgan fingerprint density at radius 3 is 2.57 bits per heavy atom. The fourth-order valence-electron chi connectivity index (χ4n) is 6.55. The van der Waals surface area contributed by atoms with Crippen LogP contribution in [0.15, 0.2) is 59.1 Å². The van der Waals surface area contributed by atoms with Crippen molar-refractivity contribution in [3.63, 3.8) is 0 Å². The third-order valence-electron chi connectivity index (χ3n) is 8.95. The molecule has 2 amide bonds. The van der Waals surface area contributed by atoms with Crippen molar-refractivity contribution in [2.24, 2.45) is 10.9 Å². The van der Waals surface area contributed by atoms with Crippen LogP contribution in [0.25, 0.3) is 0 Å². The second-order valence-electron chi connectivity index (χ2n) is 12.0. The zero-order valence-electron chi connectivity index (χ0n) is 25.0. The number of aliphatic hydroxyl groups is 1. The number of alkyl halides is 2. The Morgan fingerprint density at radius 1 is 1.13 bits per heavy atom. The second-order valence-corrected chi connectivity index (χ2v) is 12.4. The molecule has 3 atom stereocenters. The lowest BCUT2D eigenvalue weighted by molar-refractivity contribution is -0.130. The number of likely N-dealkylation sites (tertiary alicyclic amines) is 1. The van der Waals surface area contributed by atoms with Crippen molar-refractivity contribution in [2.45, 2.75) is 81.9 Å². The van der Waals surface area contributed by atoms with E-state index in [1.807, 2.05) is 6.07 Å². The van der Waals surface area contributed by atoms with Gasteiger partial charge in [0.15, 0.2) is 0 Å². The van der Waals surface area contributed by atoms with E-state index in [4.69, 9.17) is 11.6 Å². The Morgan fingerprint density at radius 2 is 1.87 bits per heavy atom. The summed E-state index contributed by atoms with van der Waals surface area (Å²) in [4.78, 5) is 34.8. The molecule has 5 rings (SSSR count). The first-order chi connectivity index (χ1) is 22.0. The van der Waals surface area contributed by atoms with Gasteiger partial charge in [0.25, 0.3) is 5.91 Å². The van der Waals surface area contributed by atoms with E-state index in [0.717, 1.165) is 12.1 Å². The number of amides is 2. The van der Waals surface area contributed by atoms with Crippen molar-refractivity contribution in [1.29, 1.82) is 10.5 Å². The third kappa shape index (κ3) is 7.27. The standard InChI is InChI=1S/C34H33ClF3N5O3/c35-27-4-2-1-3-26(27)32(29(44)7-5-21-9-12-34(37,38)13-10-21)42(25-16-23(20-40)15-24(36)18-25)33(46)28-6-8-31(45)43(28)30-17-22(19-39)11-14-41-30/h1-4,15-18,21,28-29,32,44H,5-14H2/t28-,29?,32-/m0/s1. The van der Waals surface area contributed by atoms with E-state index < -0.39 is 35.8 Å². The topological polar surface area (TPSA) is 121 Å². The minimum Gasteiger partial charge on any atom is -0.391 e. The van der Waals surface area contributed by atoms with Gasteiger partial charge in [-0.15, -0.1) is 0 Å². The quantitative estimate of drug-likeness (QED) is 0.343. The molecular formula is C34H33ClF3N5O3. The van der Waals surface area contributed by atoms with Crippen LogP contribution in [0.3, 0.4) is 0 Å². The lowest BCUT2D eigenvalue weighted by atomic mass is 9.82. The average Bonchev–Trinajstić information content (AvgIpc) is 3.44. The van der Waals surface area contributed by atoms with Crippen LogP contribution in [0.4, 0.5) is 18.9 Å². The van der Waals surface area contributed by atoms with Gasteiger partial charge in [0, 0.05) is 48.5 Å². The van der Waals surface area contributed by atoms with Crippen molar-refractivity contribution in [3.05, 3.63) is 76.1 Å². The third-order valence-corrected chi connectivity index (χ3v) is 9.29. The Bertz CT molecular complexity index is 1640. The first-order valence-corrected chi connectivity index (χ1v) is 15.7. The largest absolute Gasteiger partial charge is 0.391 e. The smallest absolute Gasteiger partial charge is 0.250 e. The fraction of sp³-hybridized carbons (Fsp3) is 0.441. The Hall–Kier alpha value is -4.19. The van der Waals surface area contributed by atoms with Gasteiger partial charge in [0.1, 0.15) is 17.7 Å². The lowest BCUT2D eigenvalue weighted by Gasteiger charge is -2.39.